The molecule has 0 aromatic carbocycles. The van der Waals surface area contributed by atoms with E-state index in [1.165, 1.54) is 0 Å². The summed E-state index contributed by atoms with van der Waals surface area (Å²) < 4.78 is 60.6. The molecule has 0 radical (unpaired) electrons. The van der Waals surface area contributed by atoms with Crippen LogP contribution in [0.25, 0.3) is 0 Å². The molecule has 0 aliphatic carbocycles. The number of hydrogen-bond donors (Lipinski definition) is 0. The molecule has 3 nitrogen and oxygen atoms in total. The molecule has 0 aromatic rings. The molecule has 0 spiro atoms. The first-order valence-electron chi connectivity index (χ1n) is 3.38. The molecule has 1 aliphatic heterocycles. The van der Waals surface area contributed by atoms with Crippen molar-refractivity contribution in [1.29, 1.82) is 0 Å². The Hall–Kier alpha value is -0.560. The quantitative estimate of drug-likeness (QED) is 0.688. The summed E-state index contributed by atoms with van der Waals surface area (Å²) in [6, 6.07) is 0. The monoisotopic (exact) mass is 216 g/mol. The molecule has 13 heavy (non-hydrogen) atoms. The minimum Gasteiger partial charge on any atom is -0.364 e. The Morgan fingerprint density at radius 3 is 2.46 bits per heavy atom. The van der Waals surface area contributed by atoms with Crippen LogP contribution in [-0.2, 0) is 14.6 Å². The molecule has 1 atom stereocenters. The second-order valence-electron chi connectivity index (χ2n) is 2.62. The standard InChI is InChI=1S/C6H7F3O3S/c7-6(8,9)4-12-5-1-2-13(10,11)3-5/h1-2,5H,3-4H2. The third-order valence-electron chi connectivity index (χ3n) is 1.36. The largest absolute Gasteiger partial charge is 0.411 e. The average molecular weight is 216 g/mol. The molecule has 0 aromatic heterocycles. The van der Waals surface area contributed by atoms with Gasteiger partial charge < -0.3 is 4.74 Å². The lowest BCUT2D eigenvalue weighted by Gasteiger charge is -2.10. The van der Waals surface area contributed by atoms with Crippen LogP contribution in [0.2, 0.25) is 0 Å². The molecule has 1 rings (SSSR count). The maximum atomic E-state index is 11.6. The summed E-state index contributed by atoms with van der Waals surface area (Å²) in [4.78, 5) is 0. The van der Waals surface area contributed by atoms with Crippen LogP contribution in [0.4, 0.5) is 13.2 Å². The summed E-state index contributed by atoms with van der Waals surface area (Å²) in [7, 11) is -3.34. The Balaban J connectivity index is 2.39. The lowest BCUT2D eigenvalue weighted by Crippen LogP contribution is -2.24. The predicted octanol–water partition coefficient (Wildman–Crippen LogP) is 0.876. The molecule has 1 unspecified atom stereocenters. The van der Waals surface area contributed by atoms with Crippen molar-refractivity contribution in [3.63, 3.8) is 0 Å². The van der Waals surface area contributed by atoms with Crippen LogP contribution in [0.15, 0.2) is 11.5 Å². The van der Waals surface area contributed by atoms with Gasteiger partial charge in [0, 0.05) is 5.41 Å². The molecular weight excluding hydrogens is 209 g/mol. The van der Waals surface area contributed by atoms with Crippen molar-refractivity contribution >= 4 is 9.84 Å². The summed E-state index contributed by atoms with van der Waals surface area (Å²) in [6.45, 7) is -1.42. The van der Waals surface area contributed by atoms with E-state index >= 15 is 0 Å². The first kappa shape index (κ1) is 10.5. The Morgan fingerprint density at radius 1 is 1.46 bits per heavy atom. The Bertz CT molecular complexity index is 304. The zero-order chi connectivity index (χ0) is 10.1. The number of halogens is 3. The van der Waals surface area contributed by atoms with Crippen LogP contribution in [0, 0.1) is 0 Å². The van der Waals surface area contributed by atoms with E-state index in [0.717, 1.165) is 11.5 Å². The van der Waals surface area contributed by atoms with E-state index in [0.29, 0.717) is 0 Å². The highest BCUT2D eigenvalue weighted by Gasteiger charge is 2.31. The van der Waals surface area contributed by atoms with Crippen molar-refractivity contribution in [1.82, 2.24) is 0 Å². The summed E-state index contributed by atoms with van der Waals surface area (Å²) in [5.74, 6) is -0.400. The molecule has 0 N–H and O–H groups in total. The smallest absolute Gasteiger partial charge is 0.364 e. The summed E-state index contributed by atoms with van der Waals surface area (Å²) >= 11 is 0. The highest BCUT2D eigenvalue weighted by atomic mass is 32.2. The minimum atomic E-state index is -4.42. The van der Waals surface area contributed by atoms with Gasteiger partial charge in [0.05, 0.1) is 11.9 Å². The number of hydrogen-bond acceptors (Lipinski definition) is 3. The first-order valence-corrected chi connectivity index (χ1v) is 5.09. The third-order valence-corrected chi connectivity index (χ3v) is 2.72. The molecule has 0 saturated heterocycles. The lowest BCUT2D eigenvalue weighted by atomic mass is 10.4. The second kappa shape index (κ2) is 3.30. The molecule has 7 heteroatoms. The maximum absolute atomic E-state index is 11.6. The van der Waals surface area contributed by atoms with Gasteiger partial charge in [-0.2, -0.15) is 13.2 Å². The van der Waals surface area contributed by atoms with Crippen LogP contribution in [-0.4, -0.2) is 33.1 Å². The van der Waals surface area contributed by atoms with Crippen LogP contribution in [0.1, 0.15) is 0 Å². The number of rotatable bonds is 2. The average Bonchev–Trinajstić information content (AvgIpc) is 2.24. The topological polar surface area (TPSA) is 43.4 Å². The highest BCUT2D eigenvalue weighted by Crippen LogP contribution is 2.18. The highest BCUT2D eigenvalue weighted by molar-refractivity contribution is 7.94. The van der Waals surface area contributed by atoms with E-state index in [1.54, 1.807) is 0 Å². The number of ether oxygens (including phenoxy) is 1. The van der Waals surface area contributed by atoms with Gasteiger partial charge in [0.25, 0.3) is 0 Å². The van der Waals surface area contributed by atoms with Gasteiger partial charge in [-0.05, 0) is 6.08 Å². The molecule has 0 saturated carbocycles. The molecule has 76 valence electrons. The fourth-order valence-electron chi connectivity index (χ4n) is 0.853. The molecule has 0 fully saturated rings. The summed E-state index contributed by atoms with van der Waals surface area (Å²) in [5, 5.41) is 0.869. The van der Waals surface area contributed by atoms with Crippen LogP contribution in [0.5, 0.6) is 0 Å². The van der Waals surface area contributed by atoms with Crippen LogP contribution in [0.3, 0.4) is 0 Å². The van der Waals surface area contributed by atoms with Gasteiger partial charge in [0.2, 0.25) is 0 Å². The maximum Gasteiger partial charge on any atom is 0.411 e. The van der Waals surface area contributed by atoms with Gasteiger partial charge in [0.15, 0.2) is 9.84 Å². The number of alkyl halides is 3. The van der Waals surface area contributed by atoms with Gasteiger partial charge in [-0.3, -0.25) is 0 Å². The fourth-order valence-corrected chi connectivity index (χ4v) is 2.04. The van der Waals surface area contributed by atoms with Crippen molar-refractivity contribution in [2.24, 2.45) is 0 Å². The van der Waals surface area contributed by atoms with Crippen molar-refractivity contribution in [3.05, 3.63) is 11.5 Å². The van der Waals surface area contributed by atoms with Gasteiger partial charge >= 0.3 is 6.18 Å². The Labute approximate surface area is 73.1 Å². The predicted molar refractivity (Wildman–Crippen MR) is 38.7 cm³/mol. The molecule has 0 amide bonds. The van der Waals surface area contributed by atoms with Crippen molar-refractivity contribution in [2.75, 3.05) is 12.4 Å². The third kappa shape index (κ3) is 3.77. The number of sulfone groups is 1. The molecular formula is C6H7F3O3S. The van der Waals surface area contributed by atoms with E-state index in [4.69, 9.17) is 0 Å². The normalized spacial score (nSPS) is 26.5. The van der Waals surface area contributed by atoms with E-state index in [9.17, 15) is 21.6 Å². The fraction of sp³-hybridized carbons (Fsp3) is 0.667. The van der Waals surface area contributed by atoms with Crippen LogP contribution >= 0.6 is 0 Å². The van der Waals surface area contributed by atoms with Gasteiger partial charge in [0.1, 0.15) is 6.61 Å². The van der Waals surface area contributed by atoms with E-state index in [2.05, 4.69) is 4.74 Å². The lowest BCUT2D eigenvalue weighted by molar-refractivity contribution is -0.178. The summed E-state index contributed by atoms with van der Waals surface area (Å²) in [6.07, 6.45) is -4.27. The van der Waals surface area contributed by atoms with E-state index in [-0.39, 0.29) is 0 Å². The van der Waals surface area contributed by atoms with E-state index < -0.39 is 34.5 Å². The second-order valence-corrected chi connectivity index (χ2v) is 4.55. The molecule has 1 heterocycles. The SMILES string of the molecule is O=S1(=O)C=CC(OCC(F)(F)F)C1. The summed E-state index contributed by atoms with van der Waals surface area (Å²) in [5.41, 5.74) is 0. The van der Waals surface area contributed by atoms with E-state index in [1.807, 2.05) is 0 Å². The zero-order valence-corrected chi connectivity index (χ0v) is 7.23. The van der Waals surface area contributed by atoms with Crippen molar-refractivity contribution < 1.29 is 26.3 Å². The first-order chi connectivity index (χ1) is 5.79. The van der Waals surface area contributed by atoms with Gasteiger partial charge in [-0.15, -0.1) is 0 Å². The molecule has 0 bridgehead atoms. The van der Waals surface area contributed by atoms with Crippen molar-refractivity contribution in [2.45, 2.75) is 12.3 Å². The Kier molecular flexibility index (Phi) is 2.67. The molecule has 1 aliphatic rings. The van der Waals surface area contributed by atoms with Crippen LogP contribution < -0.4 is 0 Å². The zero-order valence-electron chi connectivity index (χ0n) is 6.41. The van der Waals surface area contributed by atoms with Gasteiger partial charge in [-0.1, -0.05) is 0 Å². The van der Waals surface area contributed by atoms with Gasteiger partial charge in [-0.25, -0.2) is 8.42 Å². The Morgan fingerprint density at radius 2 is 2.08 bits per heavy atom. The van der Waals surface area contributed by atoms with Crippen molar-refractivity contribution in [3.8, 4) is 0 Å². The minimum absolute atomic E-state index is 0.400.